The van der Waals surface area contributed by atoms with Crippen LogP contribution in [0, 0.1) is 22.7 Å². The summed E-state index contributed by atoms with van der Waals surface area (Å²) in [5, 5.41) is 0. The molecule has 3 aliphatic rings. The maximum Gasteiger partial charge on any atom is 0.416 e. The van der Waals surface area contributed by atoms with Gasteiger partial charge in [-0.05, 0) is 53.3 Å². The van der Waals surface area contributed by atoms with Gasteiger partial charge in [-0.15, -0.1) is 0 Å². The Balaban J connectivity index is 1.63. The van der Waals surface area contributed by atoms with E-state index in [2.05, 4.69) is 0 Å². The number of hydrogen-bond donors (Lipinski definition) is 0. The number of anilines is 1. The number of nitrogens with zero attached hydrogens (tertiary/aromatic N) is 1. The fourth-order valence-corrected chi connectivity index (χ4v) is 7.53. The second kappa shape index (κ2) is 8.50. The van der Waals surface area contributed by atoms with E-state index in [0.29, 0.717) is 0 Å². The van der Waals surface area contributed by atoms with Gasteiger partial charge < -0.3 is 0 Å². The summed E-state index contributed by atoms with van der Waals surface area (Å²) in [5.74, 6) is -3.37. The van der Waals surface area contributed by atoms with Crippen molar-refractivity contribution in [1.29, 1.82) is 0 Å². The minimum absolute atomic E-state index is 0.124. The topological polar surface area (TPSA) is 54.5 Å². The Morgan fingerprint density at radius 1 is 0.692 bits per heavy atom. The molecule has 7 heteroatoms. The Hall–Kier alpha value is -4.00. The molecule has 0 spiro atoms. The molecule has 4 nitrogen and oxygen atoms in total. The fourth-order valence-electron chi connectivity index (χ4n) is 7.53. The summed E-state index contributed by atoms with van der Waals surface area (Å²) < 4.78 is 40.6. The second-order valence-electron chi connectivity index (χ2n) is 10.5. The molecule has 2 amide bonds. The number of fused-ring (bicyclic) bond motifs is 5. The Morgan fingerprint density at radius 2 is 1.15 bits per heavy atom. The molecule has 1 saturated carbocycles. The van der Waals surface area contributed by atoms with Crippen molar-refractivity contribution in [2.24, 2.45) is 22.7 Å². The summed E-state index contributed by atoms with van der Waals surface area (Å²) in [7, 11) is 0. The van der Waals surface area contributed by atoms with Crippen LogP contribution in [0.5, 0.6) is 0 Å². The van der Waals surface area contributed by atoms with Crippen LogP contribution < -0.4 is 4.90 Å². The van der Waals surface area contributed by atoms with Gasteiger partial charge in [-0.1, -0.05) is 80.6 Å². The van der Waals surface area contributed by atoms with Crippen molar-refractivity contribution >= 4 is 34.4 Å². The molecular weight excluding hydrogens is 503 g/mol. The number of hydrogen-bond acceptors (Lipinski definition) is 3. The van der Waals surface area contributed by atoms with Crippen molar-refractivity contribution < 1.29 is 27.6 Å². The third-order valence-electron chi connectivity index (χ3n) is 8.99. The van der Waals surface area contributed by atoms with E-state index < -0.39 is 46.2 Å². The number of benzene rings is 3. The third-order valence-corrected chi connectivity index (χ3v) is 8.99. The minimum Gasteiger partial charge on any atom is -0.298 e. The lowest BCUT2D eigenvalue weighted by Gasteiger charge is -2.38. The zero-order valence-electron chi connectivity index (χ0n) is 21.5. The first-order valence-electron chi connectivity index (χ1n) is 13.1. The van der Waals surface area contributed by atoms with E-state index in [1.165, 1.54) is 12.1 Å². The Labute approximate surface area is 224 Å². The second-order valence-corrected chi connectivity index (χ2v) is 10.5. The number of allylic oxidation sites excluding steroid dienone is 2. The van der Waals surface area contributed by atoms with Crippen LogP contribution in [0.3, 0.4) is 0 Å². The molecule has 39 heavy (non-hydrogen) atoms. The largest absolute Gasteiger partial charge is 0.416 e. The molecule has 3 aromatic rings. The van der Waals surface area contributed by atoms with Crippen molar-refractivity contribution in [3.8, 4) is 0 Å². The molecule has 3 aromatic carbocycles. The quantitative estimate of drug-likeness (QED) is 0.341. The number of halogens is 3. The molecule has 2 fully saturated rings. The molecule has 2 aliphatic carbocycles. The van der Waals surface area contributed by atoms with E-state index in [9.17, 15) is 27.6 Å². The zero-order valence-corrected chi connectivity index (χ0v) is 21.5. The predicted octanol–water partition coefficient (Wildman–Crippen LogP) is 6.81. The van der Waals surface area contributed by atoms with E-state index in [4.69, 9.17) is 0 Å². The van der Waals surface area contributed by atoms with Crippen molar-refractivity contribution in [3.63, 3.8) is 0 Å². The van der Waals surface area contributed by atoms with Crippen molar-refractivity contribution in [1.82, 2.24) is 0 Å². The molecule has 6 rings (SSSR count). The number of rotatable bonds is 5. The number of alkyl halides is 3. The van der Waals surface area contributed by atoms with Crippen LogP contribution in [0.15, 0.2) is 84.9 Å². The highest BCUT2D eigenvalue weighted by Crippen LogP contribution is 2.75. The molecule has 198 valence electrons. The average Bonchev–Trinajstić information content (AvgIpc) is 3.44. The van der Waals surface area contributed by atoms with Crippen LogP contribution in [0.1, 0.15) is 43.4 Å². The minimum atomic E-state index is -4.63. The van der Waals surface area contributed by atoms with Gasteiger partial charge in [0.2, 0.25) is 11.8 Å². The molecule has 0 aromatic heterocycles. The van der Waals surface area contributed by atoms with Crippen LogP contribution in [-0.2, 0) is 20.6 Å². The smallest absolute Gasteiger partial charge is 0.298 e. The summed E-state index contributed by atoms with van der Waals surface area (Å²) in [6.07, 6.45) is -4.07. The van der Waals surface area contributed by atoms with Crippen molar-refractivity contribution in [3.05, 3.63) is 102 Å². The van der Waals surface area contributed by atoms with Gasteiger partial charge >= 0.3 is 6.18 Å². The zero-order chi connectivity index (χ0) is 27.7. The first kappa shape index (κ1) is 25.3. The van der Waals surface area contributed by atoms with Gasteiger partial charge in [0, 0.05) is 0 Å². The Bertz CT molecular complexity index is 1460. The van der Waals surface area contributed by atoms with Crippen LogP contribution in [0.25, 0.3) is 11.1 Å². The van der Waals surface area contributed by atoms with Gasteiger partial charge in [-0.3, -0.25) is 14.4 Å². The predicted molar refractivity (Wildman–Crippen MR) is 141 cm³/mol. The summed E-state index contributed by atoms with van der Waals surface area (Å²) in [6.45, 7) is 3.70. The summed E-state index contributed by atoms with van der Waals surface area (Å²) in [5.41, 5.74) is -0.529. The first-order valence-corrected chi connectivity index (χ1v) is 13.1. The van der Waals surface area contributed by atoms with E-state index in [0.717, 1.165) is 39.3 Å². The van der Waals surface area contributed by atoms with E-state index in [1.54, 1.807) is 0 Å². The molecule has 1 aliphatic heterocycles. The third kappa shape index (κ3) is 3.10. The number of amides is 2. The highest BCUT2D eigenvalue weighted by molar-refractivity contribution is 6.34. The number of Topliss-reactive ketones (excluding diaryl/α,β-unsaturated/α-hetero) is 1. The first-order chi connectivity index (χ1) is 18.6. The van der Waals surface area contributed by atoms with Gasteiger partial charge in [0.15, 0.2) is 5.78 Å². The molecular formula is C32H26F3NO3. The molecule has 0 radical (unpaired) electrons. The molecule has 4 atom stereocenters. The number of imide groups is 1. The molecule has 2 bridgehead atoms. The average molecular weight is 530 g/mol. The SMILES string of the molecule is CC[C@]12C(=O)[C@](CC)(C(c3ccccc3)=C1c1ccccc1)[C@H]1C(=O)N(c3cccc(C(F)(F)F)c3)C(=O)[C@H]12. The van der Waals surface area contributed by atoms with Crippen LogP contribution in [-0.4, -0.2) is 17.6 Å². The van der Waals surface area contributed by atoms with E-state index >= 15 is 0 Å². The van der Waals surface area contributed by atoms with Gasteiger partial charge in [0.25, 0.3) is 0 Å². The maximum atomic E-state index is 14.7. The summed E-state index contributed by atoms with van der Waals surface area (Å²) in [4.78, 5) is 43.9. The highest BCUT2D eigenvalue weighted by Gasteiger charge is 2.80. The van der Waals surface area contributed by atoms with Gasteiger partial charge in [0.05, 0.1) is 33.9 Å². The van der Waals surface area contributed by atoms with Crippen LogP contribution in [0.2, 0.25) is 0 Å². The molecule has 1 heterocycles. The summed E-state index contributed by atoms with van der Waals surface area (Å²) in [6, 6.07) is 23.2. The number of ketones is 1. The number of carbonyl (C=O) groups excluding carboxylic acids is 3. The lowest BCUT2D eigenvalue weighted by Crippen LogP contribution is -2.41. The molecule has 1 saturated heterocycles. The normalized spacial score (nSPS) is 28.0. The lowest BCUT2D eigenvalue weighted by molar-refractivity contribution is -0.137. The monoisotopic (exact) mass is 529 g/mol. The van der Waals surface area contributed by atoms with Gasteiger partial charge in [0.1, 0.15) is 0 Å². The van der Waals surface area contributed by atoms with Gasteiger partial charge in [-0.25, -0.2) is 4.90 Å². The van der Waals surface area contributed by atoms with Gasteiger partial charge in [-0.2, -0.15) is 13.2 Å². The number of carbonyl (C=O) groups is 3. The Kier molecular flexibility index (Phi) is 5.51. The Morgan fingerprint density at radius 3 is 1.56 bits per heavy atom. The van der Waals surface area contributed by atoms with Crippen molar-refractivity contribution in [2.75, 3.05) is 4.90 Å². The molecule has 0 N–H and O–H groups in total. The lowest BCUT2D eigenvalue weighted by atomic mass is 9.60. The standard InChI is InChI=1S/C32H26F3NO3/c1-3-30-23(19-12-7-5-8-13-19)24(20-14-9-6-10-15-20)31(4-2,29(30)39)26-25(30)27(37)36(28(26)38)22-17-11-16-21(18-22)32(33,34)35/h5-18,25-26H,3-4H2,1-2H3/t25-,26+,30-,31+. The molecule has 0 unspecified atom stereocenters. The van der Waals surface area contributed by atoms with Crippen LogP contribution in [0.4, 0.5) is 18.9 Å². The highest BCUT2D eigenvalue weighted by atomic mass is 19.4. The van der Waals surface area contributed by atoms with Crippen LogP contribution >= 0.6 is 0 Å². The summed E-state index contributed by atoms with van der Waals surface area (Å²) >= 11 is 0. The van der Waals surface area contributed by atoms with Crippen molar-refractivity contribution in [2.45, 2.75) is 32.9 Å². The van der Waals surface area contributed by atoms with E-state index in [-0.39, 0.29) is 24.3 Å². The fraction of sp³-hybridized carbons (Fsp3) is 0.281. The maximum absolute atomic E-state index is 14.7. The van der Waals surface area contributed by atoms with E-state index in [1.807, 2.05) is 74.5 Å².